The second kappa shape index (κ2) is 9.76. The van der Waals surface area contributed by atoms with E-state index < -0.39 is 27.1 Å². The first kappa shape index (κ1) is 26.8. The average molecular weight is 555 g/mol. The predicted molar refractivity (Wildman–Crippen MR) is 147 cm³/mol. The molecule has 206 valence electrons. The van der Waals surface area contributed by atoms with Gasteiger partial charge in [-0.1, -0.05) is 0 Å². The largest absolute Gasteiger partial charge is 0.495 e. The molecule has 0 atom stereocenters. The van der Waals surface area contributed by atoms with E-state index in [1.165, 1.54) is 12.1 Å². The SMILES string of the molecule is COc1ccc(N2CCN(C)CC2)cc1Nc1ncc(F)c(-c2cc3c(c(S(C)(=O)=O)c2)C(C)(C)NC3=O)n1. The molecule has 0 unspecified atom stereocenters. The number of rotatable bonds is 6. The van der Waals surface area contributed by atoms with Crippen LogP contribution in [0.5, 0.6) is 5.75 Å². The molecule has 0 spiro atoms. The molecule has 12 heteroatoms. The number of hydrogen-bond acceptors (Lipinski definition) is 9. The monoisotopic (exact) mass is 554 g/mol. The highest BCUT2D eigenvalue weighted by Crippen LogP contribution is 2.39. The lowest BCUT2D eigenvalue weighted by Crippen LogP contribution is -2.44. The Balaban J connectivity index is 1.55. The van der Waals surface area contributed by atoms with Crippen molar-refractivity contribution in [1.82, 2.24) is 20.2 Å². The van der Waals surface area contributed by atoms with Crippen LogP contribution < -0.4 is 20.3 Å². The van der Waals surface area contributed by atoms with Gasteiger partial charge in [0, 0.05) is 54.8 Å². The highest BCUT2D eigenvalue weighted by molar-refractivity contribution is 7.90. The van der Waals surface area contributed by atoms with E-state index in [1.54, 1.807) is 21.0 Å². The smallest absolute Gasteiger partial charge is 0.252 e. The molecule has 1 aromatic heterocycles. The number of nitrogens with zero attached hydrogens (tertiary/aromatic N) is 4. The van der Waals surface area contributed by atoms with Crippen molar-refractivity contribution in [2.24, 2.45) is 0 Å². The minimum atomic E-state index is -3.75. The van der Waals surface area contributed by atoms with Gasteiger partial charge in [-0.3, -0.25) is 4.79 Å². The molecule has 0 bridgehead atoms. The Labute approximate surface area is 227 Å². The fraction of sp³-hybridized carbons (Fsp3) is 0.370. The van der Waals surface area contributed by atoms with Gasteiger partial charge >= 0.3 is 0 Å². The van der Waals surface area contributed by atoms with Crippen molar-refractivity contribution in [2.75, 3.05) is 56.8 Å². The number of nitrogens with one attached hydrogen (secondary N) is 2. The van der Waals surface area contributed by atoms with Gasteiger partial charge in [-0.15, -0.1) is 0 Å². The normalized spacial score (nSPS) is 17.1. The zero-order valence-electron chi connectivity index (χ0n) is 22.5. The fourth-order valence-electron chi connectivity index (χ4n) is 5.09. The number of sulfone groups is 1. The molecule has 3 aromatic rings. The van der Waals surface area contributed by atoms with E-state index in [9.17, 15) is 13.2 Å². The summed E-state index contributed by atoms with van der Waals surface area (Å²) in [6, 6.07) is 8.59. The summed E-state index contributed by atoms with van der Waals surface area (Å²) < 4.78 is 46.0. The summed E-state index contributed by atoms with van der Waals surface area (Å²) in [5.41, 5.74) is 1.25. The molecule has 1 fully saturated rings. The van der Waals surface area contributed by atoms with E-state index in [1.807, 2.05) is 18.2 Å². The van der Waals surface area contributed by atoms with Crippen LogP contribution in [0.3, 0.4) is 0 Å². The third kappa shape index (κ3) is 5.13. The quantitative estimate of drug-likeness (QED) is 0.474. The molecule has 3 heterocycles. The lowest BCUT2D eigenvalue weighted by atomic mass is 9.92. The molecular weight excluding hydrogens is 523 g/mol. The summed E-state index contributed by atoms with van der Waals surface area (Å²) in [5, 5.41) is 5.91. The van der Waals surface area contributed by atoms with Crippen molar-refractivity contribution in [3.05, 3.63) is 53.5 Å². The highest BCUT2D eigenvalue weighted by atomic mass is 32.2. The molecule has 0 saturated carbocycles. The molecule has 2 aliphatic heterocycles. The van der Waals surface area contributed by atoms with Crippen LogP contribution in [0.4, 0.5) is 21.7 Å². The number of benzene rings is 2. The topological polar surface area (TPSA) is 117 Å². The van der Waals surface area contributed by atoms with E-state index >= 15 is 4.39 Å². The third-order valence-electron chi connectivity index (χ3n) is 7.11. The number of aromatic nitrogens is 2. The molecule has 2 aromatic carbocycles. The van der Waals surface area contributed by atoms with Crippen molar-refractivity contribution in [1.29, 1.82) is 0 Å². The van der Waals surface area contributed by atoms with Crippen molar-refractivity contribution in [3.63, 3.8) is 0 Å². The molecule has 0 radical (unpaired) electrons. The number of hydrogen-bond donors (Lipinski definition) is 2. The maximum atomic E-state index is 15.1. The Morgan fingerprint density at radius 3 is 2.51 bits per heavy atom. The van der Waals surface area contributed by atoms with Crippen LogP contribution in [0.25, 0.3) is 11.3 Å². The molecule has 1 saturated heterocycles. The van der Waals surface area contributed by atoms with Crippen molar-refractivity contribution >= 4 is 33.1 Å². The molecule has 2 aliphatic rings. The summed E-state index contributed by atoms with van der Waals surface area (Å²) >= 11 is 0. The van der Waals surface area contributed by atoms with Gasteiger partial charge in [0.15, 0.2) is 15.7 Å². The summed E-state index contributed by atoms with van der Waals surface area (Å²) in [6.45, 7) is 7.11. The van der Waals surface area contributed by atoms with Crippen LogP contribution in [0.2, 0.25) is 0 Å². The number of halogens is 1. The molecule has 0 aliphatic carbocycles. The number of anilines is 3. The minimum Gasteiger partial charge on any atom is -0.495 e. The summed E-state index contributed by atoms with van der Waals surface area (Å²) in [5.74, 6) is -0.541. The third-order valence-corrected chi connectivity index (χ3v) is 8.23. The second-order valence-corrected chi connectivity index (χ2v) is 12.4. The van der Waals surface area contributed by atoms with Gasteiger partial charge in [0.25, 0.3) is 5.91 Å². The number of piperazine rings is 1. The number of ether oxygens (including phenoxy) is 1. The maximum Gasteiger partial charge on any atom is 0.252 e. The maximum absolute atomic E-state index is 15.1. The van der Waals surface area contributed by atoms with Gasteiger partial charge in [0.1, 0.15) is 11.4 Å². The first-order valence-electron chi connectivity index (χ1n) is 12.5. The van der Waals surface area contributed by atoms with E-state index in [0.717, 1.165) is 44.3 Å². The minimum absolute atomic E-state index is 0.0487. The lowest BCUT2D eigenvalue weighted by Gasteiger charge is -2.34. The van der Waals surface area contributed by atoms with Crippen LogP contribution in [0.1, 0.15) is 29.8 Å². The first-order valence-corrected chi connectivity index (χ1v) is 14.4. The molecule has 5 rings (SSSR count). The van der Waals surface area contributed by atoms with Crippen LogP contribution in [-0.2, 0) is 15.4 Å². The average Bonchev–Trinajstić information content (AvgIpc) is 3.12. The molecular formula is C27H31FN6O4S. The number of fused-ring (bicyclic) bond motifs is 1. The van der Waals surface area contributed by atoms with E-state index in [0.29, 0.717) is 17.0 Å². The number of carbonyl (C=O) groups excluding carboxylic acids is 1. The van der Waals surface area contributed by atoms with Crippen LogP contribution in [0.15, 0.2) is 41.4 Å². The van der Waals surface area contributed by atoms with Gasteiger partial charge in [-0.25, -0.2) is 22.8 Å². The number of amides is 1. The summed E-state index contributed by atoms with van der Waals surface area (Å²) in [7, 11) is -0.106. The van der Waals surface area contributed by atoms with Crippen LogP contribution in [-0.4, -0.2) is 75.8 Å². The predicted octanol–water partition coefficient (Wildman–Crippen LogP) is 3.17. The number of carbonyl (C=O) groups is 1. The molecule has 10 nitrogen and oxygen atoms in total. The first-order chi connectivity index (χ1) is 18.4. The Morgan fingerprint density at radius 2 is 1.85 bits per heavy atom. The van der Waals surface area contributed by atoms with E-state index in [2.05, 4.69) is 37.4 Å². The van der Waals surface area contributed by atoms with Gasteiger partial charge in [-0.2, -0.15) is 0 Å². The summed E-state index contributed by atoms with van der Waals surface area (Å²) in [6.07, 6.45) is 2.08. The standard InChI is InChI=1S/C27H31FN6O4S/c1-27(2)23-18(25(35)32-27)12-16(13-22(23)39(5,36)37)24-19(28)15-29-26(31-24)30-20-14-17(6-7-21(20)38-4)34-10-8-33(3)9-11-34/h6-7,12-15H,8-11H2,1-5H3,(H,32,35)(H,29,30,31). The van der Waals surface area contributed by atoms with E-state index in [-0.39, 0.29) is 27.7 Å². The summed E-state index contributed by atoms with van der Waals surface area (Å²) in [4.78, 5) is 25.7. The zero-order chi connectivity index (χ0) is 28.1. The Kier molecular flexibility index (Phi) is 6.71. The van der Waals surface area contributed by atoms with Gasteiger partial charge in [0.05, 0.1) is 29.4 Å². The Bertz CT molecular complexity index is 1570. The van der Waals surface area contributed by atoms with Crippen molar-refractivity contribution < 1.29 is 22.3 Å². The zero-order valence-corrected chi connectivity index (χ0v) is 23.3. The van der Waals surface area contributed by atoms with Crippen LogP contribution >= 0.6 is 0 Å². The van der Waals surface area contributed by atoms with Gasteiger partial charge in [-0.05, 0) is 51.2 Å². The Hall–Kier alpha value is -3.77. The van der Waals surface area contributed by atoms with Crippen molar-refractivity contribution in [2.45, 2.75) is 24.3 Å². The molecule has 2 N–H and O–H groups in total. The van der Waals surface area contributed by atoms with E-state index in [4.69, 9.17) is 4.74 Å². The Morgan fingerprint density at radius 1 is 1.13 bits per heavy atom. The fourth-order valence-corrected chi connectivity index (χ4v) is 6.16. The van der Waals surface area contributed by atoms with Crippen LogP contribution in [0, 0.1) is 5.82 Å². The van der Waals surface area contributed by atoms with Gasteiger partial charge in [0.2, 0.25) is 5.95 Å². The second-order valence-electron chi connectivity index (χ2n) is 10.4. The number of methoxy groups -OCH3 is 1. The number of likely N-dealkylation sites (N-methyl/N-ethyl adjacent to an activating group) is 1. The lowest BCUT2D eigenvalue weighted by molar-refractivity contribution is 0.0940. The molecule has 39 heavy (non-hydrogen) atoms. The highest BCUT2D eigenvalue weighted by Gasteiger charge is 2.40. The van der Waals surface area contributed by atoms with Crippen molar-refractivity contribution in [3.8, 4) is 17.0 Å². The van der Waals surface area contributed by atoms with Gasteiger partial charge < -0.3 is 25.2 Å². The molecule has 1 amide bonds.